The van der Waals surface area contributed by atoms with Crippen LogP contribution >= 0.6 is 0 Å². The first-order valence-electron chi connectivity index (χ1n) is 12.3. The molecule has 0 aliphatic rings. The van der Waals surface area contributed by atoms with Gasteiger partial charge in [0.05, 0.1) is 13.5 Å². The maximum atomic E-state index is 12.5. The number of aliphatic hydroxyl groups is 1. The number of carbonyl (C=O) groups excluding carboxylic acids is 2. The number of nitrogens with two attached hydrogens (primary N) is 1. The first-order valence-corrected chi connectivity index (χ1v) is 12.3. The van der Waals surface area contributed by atoms with E-state index in [-0.39, 0.29) is 30.3 Å². The van der Waals surface area contributed by atoms with Crippen LogP contribution in [0.15, 0.2) is 36.5 Å². The molecule has 7 nitrogen and oxygen atoms in total. The molecule has 0 amide bonds. The fraction of sp³-hybridized carbons (Fsp3) is 0.464. The third-order valence-corrected chi connectivity index (χ3v) is 6.04. The van der Waals surface area contributed by atoms with Gasteiger partial charge in [-0.25, -0.2) is 4.98 Å². The molecule has 190 valence electrons. The highest BCUT2D eigenvalue weighted by atomic mass is 16.5. The van der Waals surface area contributed by atoms with Crippen LogP contribution in [0.1, 0.15) is 75.0 Å². The van der Waals surface area contributed by atoms with Crippen LogP contribution in [0.4, 0.5) is 5.82 Å². The number of carbonyl (C=O) groups is 2. The van der Waals surface area contributed by atoms with E-state index in [0.29, 0.717) is 35.9 Å². The Labute approximate surface area is 208 Å². The molecule has 1 aromatic heterocycles. The van der Waals surface area contributed by atoms with E-state index in [4.69, 9.17) is 15.6 Å². The second-order valence-corrected chi connectivity index (χ2v) is 8.92. The first-order chi connectivity index (χ1) is 16.9. The molecule has 0 radical (unpaired) electrons. The molecule has 0 unspecified atom stereocenters. The van der Waals surface area contributed by atoms with Crippen molar-refractivity contribution >= 4 is 23.5 Å². The molecular formula is C28H38N2O5. The number of benzene rings is 1. The van der Waals surface area contributed by atoms with Gasteiger partial charge in [-0.15, -0.1) is 0 Å². The number of aromatic hydroxyl groups is 1. The van der Waals surface area contributed by atoms with Crippen LogP contribution in [0.3, 0.4) is 0 Å². The summed E-state index contributed by atoms with van der Waals surface area (Å²) in [6.07, 6.45) is 11.1. The molecule has 0 spiro atoms. The molecule has 0 fully saturated rings. The van der Waals surface area contributed by atoms with Crippen molar-refractivity contribution in [3.8, 4) is 11.5 Å². The number of nitrogen functional groups attached to an aromatic ring is 1. The van der Waals surface area contributed by atoms with Crippen molar-refractivity contribution in [2.75, 3.05) is 19.5 Å². The number of allylic oxidation sites excluding steroid dienone is 1. The van der Waals surface area contributed by atoms with E-state index >= 15 is 0 Å². The largest absolute Gasteiger partial charge is 0.504 e. The summed E-state index contributed by atoms with van der Waals surface area (Å²) < 4.78 is 5.22. The van der Waals surface area contributed by atoms with Crippen LogP contribution in [0.5, 0.6) is 11.5 Å². The Morgan fingerprint density at radius 1 is 1.17 bits per heavy atom. The van der Waals surface area contributed by atoms with Gasteiger partial charge in [-0.05, 0) is 72.6 Å². The van der Waals surface area contributed by atoms with Crippen LogP contribution in [0.25, 0.3) is 6.08 Å². The number of ether oxygens (including phenoxy) is 1. The van der Waals surface area contributed by atoms with E-state index in [1.807, 2.05) is 6.07 Å². The predicted molar refractivity (Wildman–Crippen MR) is 138 cm³/mol. The summed E-state index contributed by atoms with van der Waals surface area (Å²) in [5, 5.41) is 19.3. The zero-order valence-corrected chi connectivity index (χ0v) is 20.8. The number of Topliss-reactive ketones (excluding diaryl/α,β-unsaturated/α-hetero) is 1. The Hall–Kier alpha value is -3.19. The van der Waals surface area contributed by atoms with Gasteiger partial charge in [-0.3, -0.25) is 9.59 Å². The Bertz CT molecular complexity index is 986. The zero-order chi connectivity index (χ0) is 25.6. The smallest absolute Gasteiger partial charge is 0.163 e. The van der Waals surface area contributed by atoms with Gasteiger partial charge >= 0.3 is 0 Å². The van der Waals surface area contributed by atoms with Gasteiger partial charge in [0.25, 0.3) is 0 Å². The number of aromatic nitrogens is 1. The fourth-order valence-corrected chi connectivity index (χ4v) is 4.19. The number of aliphatic hydroxyl groups excluding tert-OH is 1. The standard InChI is InChI=1S/C28H38N2O5/c1-3-6-20(8-5-14-31)7-4-9-24(32)18-25(33)12-11-22-17-27(35-2)26(34)16-23(22)15-21-10-13-28(29)30-19-21/h10-13,16-17,19-20,31,34H,3-9,14-15,18H2,1-2H3,(H2,29,30)/b12-11+/t20-/m0/s1. The monoisotopic (exact) mass is 482 g/mol. The minimum Gasteiger partial charge on any atom is -0.504 e. The number of methoxy groups -OCH3 is 1. The lowest BCUT2D eigenvalue weighted by molar-refractivity contribution is -0.124. The number of phenols is 1. The van der Waals surface area contributed by atoms with Crippen molar-refractivity contribution in [1.82, 2.24) is 4.98 Å². The molecule has 0 saturated heterocycles. The number of anilines is 1. The quantitative estimate of drug-likeness (QED) is 0.230. The number of rotatable bonds is 16. The van der Waals surface area contributed by atoms with Crippen LogP contribution < -0.4 is 10.5 Å². The normalized spacial score (nSPS) is 12.1. The van der Waals surface area contributed by atoms with E-state index < -0.39 is 0 Å². The summed E-state index contributed by atoms with van der Waals surface area (Å²) in [5.74, 6) is 0.934. The molecule has 4 N–H and O–H groups in total. The molecule has 1 heterocycles. The van der Waals surface area contributed by atoms with Crippen molar-refractivity contribution in [2.45, 2.75) is 64.7 Å². The number of ketones is 2. The summed E-state index contributed by atoms with van der Waals surface area (Å²) in [6, 6.07) is 6.84. The van der Waals surface area contributed by atoms with Crippen LogP contribution in [-0.4, -0.2) is 40.5 Å². The number of hydrogen-bond donors (Lipinski definition) is 3. The maximum Gasteiger partial charge on any atom is 0.163 e. The van der Waals surface area contributed by atoms with Crippen LogP contribution in [0.2, 0.25) is 0 Å². The zero-order valence-electron chi connectivity index (χ0n) is 20.8. The third kappa shape index (κ3) is 9.91. The van der Waals surface area contributed by atoms with Gasteiger partial charge in [-0.1, -0.05) is 38.3 Å². The predicted octanol–water partition coefficient (Wildman–Crippen LogP) is 4.87. The van der Waals surface area contributed by atoms with E-state index in [9.17, 15) is 14.7 Å². The fourth-order valence-electron chi connectivity index (χ4n) is 4.19. The van der Waals surface area contributed by atoms with Crippen molar-refractivity contribution in [2.24, 2.45) is 5.92 Å². The topological polar surface area (TPSA) is 123 Å². The van der Waals surface area contributed by atoms with E-state index in [2.05, 4.69) is 11.9 Å². The number of nitrogens with zero attached hydrogens (tertiary/aromatic N) is 1. The summed E-state index contributed by atoms with van der Waals surface area (Å²) in [6.45, 7) is 2.34. The van der Waals surface area contributed by atoms with Gasteiger partial charge in [0.15, 0.2) is 17.3 Å². The minimum absolute atomic E-state index is 0.00456. The third-order valence-electron chi connectivity index (χ3n) is 6.04. The van der Waals surface area contributed by atoms with Crippen molar-refractivity contribution in [3.05, 3.63) is 53.2 Å². The van der Waals surface area contributed by atoms with Gasteiger partial charge in [0.2, 0.25) is 0 Å². The minimum atomic E-state index is -0.257. The molecule has 0 saturated carbocycles. The molecule has 1 aromatic carbocycles. The Morgan fingerprint density at radius 3 is 2.60 bits per heavy atom. The number of pyridine rings is 1. The molecule has 0 aliphatic carbocycles. The Balaban J connectivity index is 1.99. The second-order valence-electron chi connectivity index (χ2n) is 8.92. The highest BCUT2D eigenvalue weighted by Crippen LogP contribution is 2.31. The van der Waals surface area contributed by atoms with Crippen molar-refractivity contribution in [3.63, 3.8) is 0 Å². The van der Waals surface area contributed by atoms with Gasteiger partial charge in [0, 0.05) is 19.2 Å². The molecule has 2 aromatic rings. The summed E-state index contributed by atoms with van der Waals surface area (Å²) in [5.41, 5.74) is 8.06. The molecule has 0 aliphatic heterocycles. The summed E-state index contributed by atoms with van der Waals surface area (Å²) >= 11 is 0. The Morgan fingerprint density at radius 2 is 1.94 bits per heavy atom. The van der Waals surface area contributed by atoms with Crippen molar-refractivity contribution < 1.29 is 24.5 Å². The lowest BCUT2D eigenvalue weighted by Gasteiger charge is -2.14. The lowest BCUT2D eigenvalue weighted by Crippen LogP contribution is -2.07. The molecule has 2 rings (SSSR count). The molecule has 7 heteroatoms. The molecule has 35 heavy (non-hydrogen) atoms. The van der Waals surface area contributed by atoms with Crippen LogP contribution in [-0.2, 0) is 16.0 Å². The summed E-state index contributed by atoms with van der Waals surface area (Å²) in [7, 11) is 1.46. The second kappa shape index (κ2) is 14.9. The lowest BCUT2D eigenvalue weighted by atomic mass is 9.91. The van der Waals surface area contributed by atoms with E-state index in [0.717, 1.165) is 49.7 Å². The van der Waals surface area contributed by atoms with Crippen LogP contribution in [0, 0.1) is 5.92 Å². The molecular weight excluding hydrogens is 444 g/mol. The van der Waals surface area contributed by atoms with Gasteiger partial charge < -0.3 is 20.7 Å². The van der Waals surface area contributed by atoms with E-state index in [1.54, 1.807) is 30.5 Å². The highest BCUT2D eigenvalue weighted by Gasteiger charge is 2.13. The average Bonchev–Trinajstić information content (AvgIpc) is 2.83. The summed E-state index contributed by atoms with van der Waals surface area (Å²) in [4.78, 5) is 28.9. The van der Waals surface area contributed by atoms with Gasteiger partial charge in [-0.2, -0.15) is 0 Å². The Kier molecular flexibility index (Phi) is 12.0. The van der Waals surface area contributed by atoms with Crippen molar-refractivity contribution in [1.29, 1.82) is 0 Å². The van der Waals surface area contributed by atoms with E-state index in [1.165, 1.54) is 13.2 Å². The molecule has 1 atom stereocenters. The highest BCUT2D eigenvalue weighted by molar-refractivity contribution is 6.06. The van der Waals surface area contributed by atoms with Gasteiger partial charge in [0.1, 0.15) is 11.6 Å². The average molecular weight is 483 g/mol. The molecule has 0 bridgehead atoms. The number of hydrogen-bond acceptors (Lipinski definition) is 7. The maximum absolute atomic E-state index is 12.5. The SMILES string of the molecule is CCC[C@H](CCCO)CCCC(=O)CC(=O)/C=C/c1cc(OC)c(O)cc1Cc1ccc(N)nc1. The first kappa shape index (κ1) is 28.1. The number of phenolic OH excluding ortho intramolecular Hbond substituents is 1.